The van der Waals surface area contributed by atoms with Crippen LogP contribution in [0.3, 0.4) is 0 Å². The number of nitrogens with two attached hydrogens (primary N) is 1. The molecule has 3 rings (SSSR count). The molecular weight excluding hydrogens is 344 g/mol. The van der Waals surface area contributed by atoms with E-state index >= 15 is 0 Å². The average Bonchev–Trinajstić information content (AvgIpc) is 2.72. The van der Waals surface area contributed by atoms with E-state index < -0.39 is 18.1 Å². The highest BCUT2D eigenvalue weighted by Crippen LogP contribution is 2.33. The summed E-state index contributed by atoms with van der Waals surface area (Å²) in [5.41, 5.74) is 8.19. The first-order chi connectivity index (χ1) is 13.1. The first kappa shape index (κ1) is 18.9. The molecule has 0 radical (unpaired) electrons. The molecule has 2 N–H and O–H groups in total. The maximum Gasteiger partial charge on any atom is 0.410 e. The van der Waals surface area contributed by atoms with E-state index in [1.54, 1.807) is 4.90 Å². The standard InChI is InChI=1S/C21H24N2O4/c1-26-20(24)17-12-18(22)19(16-10-6-3-7-11-16)23(13-17)21(25)27-14-15-8-4-2-5-9-15/h2-11,17-19H,12-14,22H2,1H3/t17-,18-,19-/m0/s1. The van der Waals surface area contributed by atoms with Gasteiger partial charge < -0.3 is 15.2 Å². The van der Waals surface area contributed by atoms with Gasteiger partial charge in [0.25, 0.3) is 0 Å². The number of rotatable bonds is 4. The number of nitrogens with zero attached hydrogens (tertiary/aromatic N) is 1. The lowest BCUT2D eigenvalue weighted by Gasteiger charge is -2.42. The number of carbonyl (C=O) groups excluding carboxylic acids is 2. The van der Waals surface area contributed by atoms with Crippen molar-refractivity contribution in [3.63, 3.8) is 0 Å². The van der Waals surface area contributed by atoms with Crippen LogP contribution < -0.4 is 5.73 Å². The van der Waals surface area contributed by atoms with Crippen molar-refractivity contribution >= 4 is 12.1 Å². The van der Waals surface area contributed by atoms with Crippen LogP contribution in [-0.2, 0) is 20.9 Å². The van der Waals surface area contributed by atoms with Crippen LogP contribution in [0.2, 0.25) is 0 Å². The van der Waals surface area contributed by atoms with Crippen LogP contribution in [0.25, 0.3) is 0 Å². The van der Waals surface area contributed by atoms with Crippen LogP contribution in [0.15, 0.2) is 60.7 Å². The molecule has 1 amide bonds. The van der Waals surface area contributed by atoms with Crippen molar-refractivity contribution < 1.29 is 19.1 Å². The molecule has 6 heteroatoms. The summed E-state index contributed by atoms with van der Waals surface area (Å²) in [6.45, 7) is 0.378. The number of esters is 1. The molecule has 1 saturated heterocycles. The number of methoxy groups -OCH3 is 1. The van der Waals surface area contributed by atoms with Crippen LogP contribution in [0.1, 0.15) is 23.6 Å². The van der Waals surface area contributed by atoms with Gasteiger partial charge in [-0.3, -0.25) is 9.69 Å². The Labute approximate surface area is 158 Å². The van der Waals surface area contributed by atoms with Crippen molar-refractivity contribution in [3.8, 4) is 0 Å². The highest BCUT2D eigenvalue weighted by Gasteiger charge is 2.41. The van der Waals surface area contributed by atoms with Gasteiger partial charge in [0.1, 0.15) is 6.61 Å². The predicted octanol–water partition coefficient (Wildman–Crippen LogP) is 2.89. The van der Waals surface area contributed by atoms with E-state index in [2.05, 4.69) is 0 Å². The number of piperidine rings is 1. The van der Waals surface area contributed by atoms with Crippen molar-refractivity contribution in [2.24, 2.45) is 11.7 Å². The Bertz CT molecular complexity index is 766. The number of hydrogen-bond donors (Lipinski definition) is 1. The van der Waals surface area contributed by atoms with E-state index in [0.29, 0.717) is 6.42 Å². The lowest BCUT2D eigenvalue weighted by Crippen LogP contribution is -2.53. The maximum absolute atomic E-state index is 12.9. The number of benzene rings is 2. The second-order valence-electron chi connectivity index (χ2n) is 6.67. The molecule has 1 aliphatic rings. The highest BCUT2D eigenvalue weighted by molar-refractivity contribution is 5.75. The van der Waals surface area contributed by atoms with Gasteiger partial charge in [-0.1, -0.05) is 60.7 Å². The second kappa shape index (κ2) is 8.68. The van der Waals surface area contributed by atoms with Gasteiger partial charge in [-0.2, -0.15) is 0 Å². The molecule has 0 bridgehead atoms. The largest absolute Gasteiger partial charge is 0.469 e. The average molecular weight is 368 g/mol. The lowest BCUT2D eigenvalue weighted by molar-refractivity contribution is -0.148. The minimum atomic E-state index is -0.489. The normalized spacial score (nSPS) is 22.1. The van der Waals surface area contributed by atoms with Crippen LogP contribution in [0.5, 0.6) is 0 Å². The van der Waals surface area contributed by atoms with Crippen molar-refractivity contribution in [1.82, 2.24) is 4.90 Å². The fourth-order valence-electron chi connectivity index (χ4n) is 3.52. The molecule has 1 heterocycles. The molecule has 6 nitrogen and oxygen atoms in total. The summed E-state index contributed by atoms with van der Waals surface area (Å²) in [6, 6.07) is 18.3. The summed E-state index contributed by atoms with van der Waals surface area (Å²) < 4.78 is 10.4. The fraction of sp³-hybridized carbons (Fsp3) is 0.333. The van der Waals surface area contributed by atoms with Gasteiger partial charge in [0.2, 0.25) is 0 Å². The highest BCUT2D eigenvalue weighted by atomic mass is 16.6. The van der Waals surface area contributed by atoms with Crippen LogP contribution in [0.4, 0.5) is 4.79 Å². The number of amides is 1. The summed E-state index contributed by atoms with van der Waals surface area (Å²) in [5.74, 6) is -0.827. The third-order valence-corrected chi connectivity index (χ3v) is 4.83. The third kappa shape index (κ3) is 4.46. The summed E-state index contributed by atoms with van der Waals surface area (Å²) in [4.78, 5) is 26.4. The van der Waals surface area contributed by atoms with Crippen molar-refractivity contribution in [1.29, 1.82) is 0 Å². The summed E-state index contributed by atoms with van der Waals surface area (Å²) in [6.07, 6.45) is -0.0360. The van der Waals surface area contributed by atoms with E-state index in [0.717, 1.165) is 11.1 Å². The zero-order chi connectivity index (χ0) is 19.2. The quantitative estimate of drug-likeness (QED) is 0.839. The molecule has 2 aromatic carbocycles. The van der Waals surface area contributed by atoms with Gasteiger partial charge in [0.15, 0.2) is 0 Å². The minimum absolute atomic E-state index is 0.163. The smallest absolute Gasteiger partial charge is 0.410 e. The molecule has 142 valence electrons. The zero-order valence-corrected chi connectivity index (χ0v) is 15.3. The lowest BCUT2D eigenvalue weighted by atomic mass is 9.85. The third-order valence-electron chi connectivity index (χ3n) is 4.83. The van der Waals surface area contributed by atoms with Gasteiger partial charge >= 0.3 is 12.1 Å². The Balaban J connectivity index is 1.80. The Morgan fingerprint density at radius 3 is 2.33 bits per heavy atom. The number of hydrogen-bond acceptors (Lipinski definition) is 5. The molecular formula is C21H24N2O4. The Morgan fingerprint density at radius 2 is 1.70 bits per heavy atom. The molecule has 0 aromatic heterocycles. The van der Waals surface area contributed by atoms with E-state index in [9.17, 15) is 9.59 Å². The van der Waals surface area contributed by atoms with Gasteiger partial charge in [0.05, 0.1) is 19.1 Å². The SMILES string of the molecule is COC(=O)[C@H]1C[C@H](N)[C@H](c2ccccc2)N(C(=O)OCc2ccccc2)C1. The zero-order valence-electron chi connectivity index (χ0n) is 15.3. The molecule has 1 aliphatic heterocycles. The topological polar surface area (TPSA) is 81.9 Å². The number of ether oxygens (including phenoxy) is 2. The first-order valence-corrected chi connectivity index (χ1v) is 8.96. The predicted molar refractivity (Wildman–Crippen MR) is 101 cm³/mol. The van der Waals surface area contributed by atoms with Crippen LogP contribution >= 0.6 is 0 Å². The minimum Gasteiger partial charge on any atom is -0.469 e. The molecule has 1 fully saturated rings. The molecule has 0 unspecified atom stereocenters. The Hall–Kier alpha value is -2.86. The van der Waals surface area contributed by atoms with Crippen molar-refractivity contribution in [2.75, 3.05) is 13.7 Å². The molecule has 0 aliphatic carbocycles. The van der Waals surface area contributed by atoms with E-state index in [1.807, 2.05) is 60.7 Å². The van der Waals surface area contributed by atoms with E-state index in [4.69, 9.17) is 15.2 Å². The Kier molecular flexibility index (Phi) is 6.08. The van der Waals surface area contributed by atoms with E-state index in [1.165, 1.54) is 7.11 Å². The monoisotopic (exact) mass is 368 g/mol. The second-order valence-corrected chi connectivity index (χ2v) is 6.67. The van der Waals surface area contributed by atoms with Crippen LogP contribution in [0, 0.1) is 5.92 Å². The van der Waals surface area contributed by atoms with Gasteiger partial charge in [0, 0.05) is 12.6 Å². The van der Waals surface area contributed by atoms with Crippen LogP contribution in [-0.4, -0.2) is 36.7 Å². The van der Waals surface area contributed by atoms with Gasteiger partial charge in [-0.15, -0.1) is 0 Å². The Morgan fingerprint density at radius 1 is 1.07 bits per heavy atom. The van der Waals surface area contributed by atoms with Crippen molar-refractivity contribution in [2.45, 2.75) is 25.1 Å². The van der Waals surface area contributed by atoms with Gasteiger partial charge in [-0.25, -0.2) is 4.79 Å². The molecule has 0 saturated carbocycles. The molecule has 3 atom stereocenters. The molecule has 2 aromatic rings. The number of carbonyl (C=O) groups is 2. The first-order valence-electron chi connectivity index (χ1n) is 8.96. The molecule has 27 heavy (non-hydrogen) atoms. The maximum atomic E-state index is 12.9. The summed E-state index contributed by atoms with van der Waals surface area (Å²) in [5, 5.41) is 0. The number of likely N-dealkylation sites (tertiary alicyclic amines) is 1. The van der Waals surface area contributed by atoms with Crippen molar-refractivity contribution in [3.05, 3.63) is 71.8 Å². The van der Waals surface area contributed by atoms with E-state index in [-0.39, 0.29) is 25.2 Å². The van der Waals surface area contributed by atoms with Gasteiger partial charge in [-0.05, 0) is 17.5 Å². The summed E-state index contributed by atoms with van der Waals surface area (Å²) in [7, 11) is 1.34. The fourth-order valence-corrected chi connectivity index (χ4v) is 3.52. The molecule has 0 spiro atoms. The summed E-state index contributed by atoms with van der Waals surface area (Å²) >= 11 is 0.